The van der Waals surface area contributed by atoms with Crippen molar-refractivity contribution in [3.05, 3.63) is 11.1 Å². The van der Waals surface area contributed by atoms with Gasteiger partial charge in [0.05, 0.1) is 6.61 Å². The topological polar surface area (TPSA) is 89.9 Å². The van der Waals surface area contributed by atoms with Crippen molar-refractivity contribution in [1.29, 1.82) is 0 Å². The van der Waals surface area contributed by atoms with Crippen LogP contribution in [0.25, 0.3) is 0 Å². The van der Waals surface area contributed by atoms with Crippen molar-refractivity contribution in [2.24, 2.45) is 0 Å². The summed E-state index contributed by atoms with van der Waals surface area (Å²) in [7, 11) is 0. The van der Waals surface area contributed by atoms with Gasteiger partial charge in [0.2, 0.25) is 0 Å². The lowest BCUT2D eigenvalue weighted by Gasteiger charge is -2.53. The van der Waals surface area contributed by atoms with E-state index in [2.05, 4.69) is 0 Å². The van der Waals surface area contributed by atoms with Gasteiger partial charge in [0.15, 0.2) is 28.4 Å². The molecule has 1 saturated heterocycles. The highest BCUT2D eigenvalue weighted by Gasteiger charge is 2.66. The van der Waals surface area contributed by atoms with Crippen LogP contribution in [-0.2, 0) is 23.9 Å². The van der Waals surface area contributed by atoms with E-state index in [1.807, 2.05) is 0 Å². The van der Waals surface area contributed by atoms with Crippen molar-refractivity contribution in [2.45, 2.75) is 51.4 Å². The van der Waals surface area contributed by atoms with Crippen LogP contribution < -0.4 is 0 Å². The van der Waals surface area contributed by atoms with E-state index >= 15 is 0 Å². The molecule has 1 N–H and O–H groups in total. The molecule has 0 saturated carbocycles. The van der Waals surface area contributed by atoms with Gasteiger partial charge >= 0.3 is 5.97 Å². The summed E-state index contributed by atoms with van der Waals surface area (Å²) in [5.74, 6) is -1.99. The van der Waals surface area contributed by atoms with E-state index < -0.39 is 28.6 Å². The van der Waals surface area contributed by atoms with Crippen LogP contribution in [0.5, 0.6) is 0 Å². The lowest BCUT2D eigenvalue weighted by molar-refractivity contribution is -0.283. The minimum atomic E-state index is -1.66. The van der Waals surface area contributed by atoms with E-state index in [0.29, 0.717) is 5.57 Å². The Hall–Kier alpha value is -1.53. The standard InChI is InChI=1S/C14H18O6/c1-7-8(2)10(16)14(5)13(4,9(7)15)19-6-12(3,20-14)11(17)18/h6H2,1-5H3,(H,17,18)/t12-,13+,14-/m0/s1. The van der Waals surface area contributed by atoms with Gasteiger partial charge in [-0.1, -0.05) is 0 Å². The molecule has 2 rings (SSSR count). The number of ketones is 2. The summed E-state index contributed by atoms with van der Waals surface area (Å²) in [6.45, 7) is 7.04. The van der Waals surface area contributed by atoms with Crippen LogP contribution in [-0.4, -0.2) is 46.1 Å². The van der Waals surface area contributed by atoms with Gasteiger partial charge in [-0.25, -0.2) is 4.79 Å². The summed E-state index contributed by atoms with van der Waals surface area (Å²) < 4.78 is 11.1. The molecular weight excluding hydrogens is 264 g/mol. The molecule has 6 nitrogen and oxygen atoms in total. The fourth-order valence-electron chi connectivity index (χ4n) is 2.70. The monoisotopic (exact) mass is 282 g/mol. The Morgan fingerprint density at radius 3 is 1.95 bits per heavy atom. The van der Waals surface area contributed by atoms with E-state index in [1.54, 1.807) is 6.92 Å². The third kappa shape index (κ3) is 1.55. The van der Waals surface area contributed by atoms with Crippen molar-refractivity contribution < 1.29 is 29.0 Å². The largest absolute Gasteiger partial charge is 0.479 e. The average molecular weight is 282 g/mol. The fourth-order valence-corrected chi connectivity index (χ4v) is 2.70. The molecule has 0 aromatic rings. The van der Waals surface area contributed by atoms with Crippen LogP contribution in [0.2, 0.25) is 0 Å². The van der Waals surface area contributed by atoms with Gasteiger partial charge in [-0.05, 0) is 34.6 Å². The number of carboxylic acid groups (broad SMARTS) is 1. The molecule has 0 aromatic carbocycles. The quantitative estimate of drug-likeness (QED) is 0.768. The summed E-state index contributed by atoms with van der Waals surface area (Å²) in [4.78, 5) is 36.3. The van der Waals surface area contributed by atoms with E-state index in [1.165, 1.54) is 27.7 Å². The molecule has 0 bridgehead atoms. The minimum absolute atomic E-state index is 0.285. The Bertz CT molecular complexity index is 562. The van der Waals surface area contributed by atoms with Gasteiger partial charge in [-0.3, -0.25) is 9.59 Å². The van der Waals surface area contributed by atoms with Gasteiger partial charge in [0.1, 0.15) is 0 Å². The highest BCUT2D eigenvalue weighted by atomic mass is 16.6. The number of carboxylic acids is 1. The first-order valence-corrected chi connectivity index (χ1v) is 6.34. The first kappa shape index (κ1) is 14.9. The van der Waals surface area contributed by atoms with Crippen molar-refractivity contribution in [2.75, 3.05) is 6.61 Å². The van der Waals surface area contributed by atoms with Crippen LogP contribution in [0.1, 0.15) is 34.6 Å². The van der Waals surface area contributed by atoms with E-state index in [0.717, 1.165) is 0 Å². The lowest BCUT2D eigenvalue weighted by Crippen LogP contribution is -2.73. The summed E-state index contributed by atoms with van der Waals surface area (Å²) in [6.07, 6.45) is 0. The molecule has 3 atom stereocenters. The third-order valence-corrected chi connectivity index (χ3v) is 4.54. The summed E-state index contributed by atoms with van der Waals surface area (Å²) in [6, 6.07) is 0. The molecule has 6 heteroatoms. The highest BCUT2D eigenvalue weighted by Crippen LogP contribution is 2.46. The maximum atomic E-state index is 12.5. The van der Waals surface area contributed by atoms with Gasteiger partial charge in [-0.2, -0.15) is 0 Å². The second-order valence-electron chi connectivity index (χ2n) is 5.90. The second kappa shape index (κ2) is 3.99. The maximum absolute atomic E-state index is 12.5. The second-order valence-corrected chi connectivity index (χ2v) is 5.90. The molecule has 0 radical (unpaired) electrons. The first-order valence-electron chi connectivity index (χ1n) is 6.34. The Kier molecular flexibility index (Phi) is 2.97. The molecule has 1 fully saturated rings. The van der Waals surface area contributed by atoms with Crippen LogP contribution in [0.4, 0.5) is 0 Å². The number of hydrogen-bond donors (Lipinski definition) is 1. The molecule has 2 aliphatic rings. The summed E-state index contributed by atoms with van der Waals surface area (Å²) in [5.41, 5.74) is -4.18. The van der Waals surface area contributed by atoms with Crippen LogP contribution in [0.15, 0.2) is 11.1 Å². The number of carbonyl (C=O) groups is 3. The number of fused-ring (bicyclic) bond motifs is 1. The Morgan fingerprint density at radius 2 is 1.50 bits per heavy atom. The molecule has 0 spiro atoms. The van der Waals surface area contributed by atoms with E-state index in [4.69, 9.17) is 9.47 Å². The Morgan fingerprint density at radius 1 is 1.05 bits per heavy atom. The summed E-state index contributed by atoms with van der Waals surface area (Å²) in [5, 5.41) is 9.24. The normalized spacial score (nSPS) is 41.6. The Labute approximate surface area is 116 Å². The molecule has 1 aliphatic carbocycles. The van der Waals surface area contributed by atoms with E-state index in [9.17, 15) is 19.5 Å². The van der Waals surface area contributed by atoms with Crippen LogP contribution >= 0.6 is 0 Å². The number of Topliss-reactive ketones (excluding diaryl/α,β-unsaturated/α-hetero) is 2. The predicted octanol–water partition coefficient (Wildman–Crippen LogP) is 0.882. The lowest BCUT2D eigenvalue weighted by atomic mass is 9.68. The molecular formula is C14H18O6. The number of rotatable bonds is 1. The van der Waals surface area contributed by atoms with Crippen molar-refractivity contribution in [3.63, 3.8) is 0 Å². The maximum Gasteiger partial charge on any atom is 0.338 e. The molecule has 0 aromatic heterocycles. The van der Waals surface area contributed by atoms with Gasteiger partial charge in [0.25, 0.3) is 0 Å². The predicted molar refractivity (Wildman–Crippen MR) is 68.3 cm³/mol. The third-order valence-electron chi connectivity index (χ3n) is 4.54. The average Bonchev–Trinajstić information content (AvgIpc) is 2.38. The highest BCUT2D eigenvalue weighted by molar-refractivity contribution is 6.19. The molecule has 20 heavy (non-hydrogen) atoms. The van der Waals surface area contributed by atoms with Gasteiger partial charge < -0.3 is 14.6 Å². The zero-order chi connectivity index (χ0) is 15.5. The number of hydrogen-bond acceptors (Lipinski definition) is 5. The number of aliphatic carboxylic acids is 1. The number of carbonyl (C=O) groups excluding carboxylic acids is 2. The van der Waals surface area contributed by atoms with Crippen molar-refractivity contribution >= 4 is 17.5 Å². The number of ether oxygens (including phenoxy) is 2. The molecule has 1 heterocycles. The Balaban J connectivity index is 2.61. The minimum Gasteiger partial charge on any atom is -0.479 e. The SMILES string of the molecule is CC1=C(C)C(=O)[C@@]2(C)OC[C@@](C)(C(=O)O)O[C@@]2(C)C1=O. The van der Waals surface area contributed by atoms with Crippen molar-refractivity contribution in [3.8, 4) is 0 Å². The van der Waals surface area contributed by atoms with Gasteiger partial charge in [-0.15, -0.1) is 0 Å². The van der Waals surface area contributed by atoms with Crippen LogP contribution in [0.3, 0.4) is 0 Å². The van der Waals surface area contributed by atoms with Gasteiger partial charge in [0, 0.05) is 11.1 Å². The van der Waals surface area contributed by atoms with Crippen LogP contribution in [0, 0.1) is 0 Å². The fraction of sp³-hybridized carbons (Fsp3) is 0.643. The molecule has 0 unspecified atom stereocenters. The molecule has 0 amide bonds. The molecule has 1 aliphatic heterocycles. The zero-order valence-corrected chi connectivity index (χ0v) is 12.2. The first-order chi connectivity index (χ1) is 8.99. The summed E-state index contributed by atoms with van der Waals surface area (Å²) >= 11 is 0. The molecule has 110 valence electrons. The van der Waals surface area contributed by atoms with Crippen molar-refractivity contribution in [1.82, 2.24) is 0 Å². The zero-order valence-electron chi connectivity index (χ0n) is 12.2. The van der Waals surface area contributed by atoms with E-state index in [-0.39, 0.29) is 18.0 Å². The smallest absolute Gasteiger partial charge is 0.338 e.